The van der Waals surface area contributed by atoms with Gasteiger partial charge >= 0.3 is 0 Å². The molecular formula is C23H28N2O3. The Kier molecular flexibility index (Phi) is 6.95. The maximum atomic E-state index is 12.9. The molecule has 1 heterocycles. The summed E-state index contributed by atoms with van der Waals surface area (Å²) in [6.07, 6.45) is 6.00. The number of hydrogen-bond acceptors (Lipinski definition) is 4. The normalized spacial score (nSPS) is 10.8. The number of carbonyl (C=O) groups excluding carboxylic acids is 1. The molecule has 3 rings (SSSR count). The molecule has 2 aromatic carbocycles. The molecule has 3 aromatic rings. The molecule has 148 valence electrons. The molecule has 28 heavy (non-hydrogen) atoms. The first-order valence-electron chi connectivity index (χ1n) is 9.93. The van der Waals surface area contributed by atoms with Crippen molar-refractivity contribution in [2.24, 2.45) is 0 Å². The molecule has 5 nitrogen and oxygen atoms in total. The van der Waals surface area contributed by atoms with Gasteiger partial charge in [0.15, 0.2) is 0 Å². The molecule has 5 heteroatoms. The molecular weight excluding hydrogens is 352 g/mol. The van der Waals surface area contributed by atoms with Gasteiger partial charge in [0.05, 0.1) is 12.8 Å². The Balaban J connectivity index is 1.74. The maximum absolute atomic E-state index is 12.9. The molecule has 1 amide bonds. The second-order valence-corrected chi connectivity index (χ2v) is 6.83. The van der Waals surface area contributed by atoms with Gasteiger partial charge in [0, 0.05) is 17.6 Å². The Labute approximate surface area is 166 Å². The number of unbranched alkanes of at least 4 members (excludes halogenated alkanes) is 4. The van der Waals surface area contributed by atoms with E-state index in [1.807, 2.05) is 36.4 Å². The number of anilines is 2. The van der Waals surface area contributed by atoms with Crippen LogP contribution in [-0.4, -0.2) is 19.6 Å². The van der Waals surface area contributed by atoms with E-state index in [9.17, 15) is 4.79 Å². The minimum atomic E-state index is -0.269. The van der Waals surface area contributed by atoms with Gasteiger partial charge < -0.3 is 19.8 Å². The molecule has 0 saturated heterocycles. The van der Waals surface area contributed by atoms with Crippen molar-refractivity contribution in [1.82, 2.24) is 0 Å². The average Bonchev–Trinajstić information content (AvgIpc) is 3.10. The van der Waals surface area contributed by atoms with Gasteiger partial charge in [-0.1, -0.05) is 44.7 Å². The molecule has 0 aliphatic carbocycles. The topological polar surface area (TPSA) is 63.5 Å². The molecule has 1 aromatic heterocycles. The third-order valence-electron chi connectivity index (χ3n) is 4.73. The minimum Gasteiger partial charge on any atom is -0.497 e. The lowest BCUT2D eigenvalue weighted by molar-refractivity contribution is 0.0999. The number of ether oxygens (including phenoxy) is 1. The molecule has 0 unspecified atom stereocenters. The summed E-state index contributed by atoms with van der Waals surface area (Å²) in [7, 11) is 1.61. The van der Waals surface area contributed by atoms with E-state index in [0.717, 1.165) is 29.8 Å². The standard InChI is InChI=1S/C23H28N2O3/c1-3-4-5-6-9-16-24-21-19-10-7-8-11-20(19)28-22(21)23(26)25-17-12-14-18(27-2)15-13-17/h7-8,10-15,24H,3-6,9,16H2,1-2H3,(H,25,26). The van der Waals surface area contributed by atoms with E-state index in [4.69, 9.17) is 9.15 Å². The number of rotatable bonds is 10. The van der Waals surface area contributed by atoms with Crippen molar-refractivity contribution in [2.75, 3.05) is 24.3 Å². The Morgan fingerprint density at radius 1 is 1.00 bits per heavy atom. The highest BCUT2D eigenvalue weighted by Crippen LogP contribution is 2.31. The molecule has 0 bridgehead atoms. The van der Waals surface area contributed by atoms with Crippen LogP contribution >= 0.6 is 0 Å². The SMILES string of the molecule is CCCCCCCNc1c(C(=O)Nc2ccc(OC)cc2)oc2ccccc12. The molecule has 0 fully saturated rings. The maximum Gasteiger partial charge on any atom is 0.293 e. The number of methoxy groups -OCH3 is 1. The second kappa shape index (κ2) is 9.83. The monoisotopic (exact) mass is 380 g/mol. The lowest BCUT2D eigenvalue weighted by atomic mass is 10.1. The van der Waals surface area contributed by atoms with Crippen LogP contribution in [0.1, 0.15) is 49.6 Å². The lowest BCUT2D eigenvalue weighted by Crippen LogP contribution is -2.14. The van der Waals surface area contributed by atoms with Gasteiger partial charge in [0.1, 0.15) is 11.3 Å². The van der Waals surface area contributed by atoms with Gasteiger partial charge in [-0.05, 0) is 42.8 Å². The third-order valence-corrected chi connectivity index (χ3v) is 4.73. The molecule has 2 N–H and O–H groups in total. The van der Waals surface area contributed by atoms with Gasteiger partial charge in [-0.15, -0.1) is 0 Å². The lowest BCUT2D eigenvalue weighted by Gasteiger charge is -2.08. The predicted octanol–water partition coefficient (Wildman–Crippen LogP) is 6.08. The van der Waals surface area contributed by atoms with Gasteiger partial charge in [-0.2, -0.15) is 0 Å². The fourth-order valence-corrected chi connectivity index (χ4v) is 3.19. The Bertz CT molecular complexity index is 900. The molecule has 0 radical (unpaired) electrons. The van der Waals surface area contributed by atoms with E-state index < -0.39 is 0 Å². The van der Waals surface area contributed by atoms with E-state index in [1.54, 1.807) is 19.2 Å². The van der Waals surface area contributed by atoms with Gasteiger partial charge in [0.2, 0.25) is 5.76 Å². The number of amides is 1. The van der Waals surface area contributed by atoms with Crippen LogP contribution in [0.2, 0.25) is 0 Å². The third kappa shape index (κ3) is 4.85. The van der Waals surface area contributed by atoms with Gasteiger partial charge in [0.25, 0.3) is 5.91 Å². The van der Waals surface area contributed by atoms with Crippen LogP contribution in [0, 0.1) is 0 Å². The smallest absolute Gasteiger partial charge is 0.293 e. The van der Waals surface area contributed by atoms with Crippen LogP contribution in [0.3, 0.4) is 0 Å². The summed E-state index contributed by atoms with van der Waals surface area (Å²) in [4.78, 5) is 12.9. The summed E-state index contributed by atoms with van der Waals surface area (Å²) in [5.41, 5.74) is 2.16. The number of para-hydroxylation sites is 1. The molecule has 0 spiro atoms. The van der Waals surface area contributed by atoms with E-state index in [0.29, 0.717) is 17.0 Å². The fraction of sp³-hybridized carbons (Fsp3) is 0.348. The van der Waals surface area contributed by atoms with Gasteiger partial charge in [-0.3, -0.25) is 4.79 Å². The van der Waals surface area contributed by atoms with E-state index >= 15 is 0 Å². The number of benzene rings is 2. The fourth-order valence-electron chi connectivity index (χ4n) is 3.19. The number of nitrogens with one attached hydrogen (secondary N) is 2. The van der Waals surface area contributed by atoms with Crippen LogP contribution < -0.4 is 15.4 Å². The summed E-state index contributed by atoms with van der Waals surface area (Å²) < 4.78 is 11.0. The average molecular weight is 380 g/mol. The quantitative estimate of drug-likeness (QED) is 0.419. The van der Waals surface area contributed by atoms with Crippen molar-refractivity contribution in [1.29, 1.82) is 0 Å². The van der Waals surface area contributed by atoms with Crippen LogP contribution in [-0.2, 0) is 0 Å². The minimum absolute atomic E-state index is 0.269. The molecule has 0 aliphatic heterocycles. The largest absolute Gasteiger partial charge is 0.497 e. The zero-order chi connectivity index (χ0) is 19.8. The number of furan rings is 1. The zero-order valence-corrected chi connectivity index (χ0v) is 16.6. The summed E-state index contributed by atoms with van der Waals surface area (Å²) in [5, 5.41) is 7.25. The first-order chi connectivity index (χ1) is 13.7. The highest BCUT2D eigenvalue weighted by atomic mass is 16.5. The predicted molar refractivity (Wildman–Crippen MR) is 114 cm³/mol. The van der Waals surface area contributed by atoms with Crippen LogP contribution in [0.4, 0.5) is 11.4 Å². The molecule has 0 saturated carbocycles. The highest BCUT2D eigenvalue weighted by molar-refractivity contribution is 6.11. The first-order valence-corrected chi connectivity index (χ1v) is 9.93. The first kappa shape index (κ1) is 19.8. The summed E-state index contributed by atoms with van der Waals surface area (Å²) in [6, 6.07) is 14.9. The molecule has 0 atom stereocenters. The van der Waals surface area contributed by atoms with E-state index in [2.05, 4.69) is 17.6 Å². The number of hydrogen-bond donors (Lipinski definition) is 2. The number of carbonyl (C=O) groups is 1. The van der Waals surface area contributed by atoms with Crippen LogP contribution in [0.5, 0.6) is 5.75 Å². The van der Waals surface area contributed by atoms with Crippen molar-refractivity contribution in [2.45, 2.75) is 39.0 Å². The van der Waals surface area contributed by atoms with Crippen LogP contribution in [0.15, 0.2) is 52.9 Å². The van der Waals surface area contributed by atoms with Gasteiger partial charge in [-0.25, -0.2) is 0 Å². The number of fused-ring (bicyclic) bond motifs is 1. The second-order valence-electron chi connectivity index (χ2n) is 6.83. The van der Waals surface area contributed by atoms with Crippen molar-refractivity contribution in [3.05, 3.63) is 54.3 Å². The Morgan fingerprint density at radius 3 is 2.50 bits per heavy atom. The van der Waals surface area contributed by atoms with E-state index in [-0.39, 0.29) is 5.91 Å². The van der Waals surface area contributed by atoms with Crippen molar-refractivity contribution in [3.8, 4) is 5.75 Å². The zero-order valence-electron chi connectivity index (χ0n) is 16.6. The van der Waals surface area contributed by atoms with Crippen molar-refractivity contribution < 1.29 is 13.9 Å². The van der Waals surface area contributed by atoms with E-state index in [1.165, 1.54) is 25.7 Å². The highest BCUT2D eigenvalue weighted by Gasteiger charge is 2.20. The van der Waals surface area contributed by atoms with Crippen molar-refractivity contribution >= 4 is 28.3 Å². The Hall–Kier alpha value is -2.95. The van der Waals surface area contributed by atoms with Crippen LogP contribution in [0.25, 0.3) is 11.0 Å². The summed E-state index contributed by atoms with van der Waals surface area (Å²) in [6.45, 7) is 3.03. The summed E-state index contributed by atoms with van der Waals surface area (Å²) in [5.74, 6) is 0.785. The molecule has 0 aliphatic rings. The van der Waals surface area contributed by atoms with Crippen molar-refractivity contribution in [3.63, 3.8) is 0 Å². The summed E-state index contributed by atoms with van der Waals surface area (Å²) >= 11 is 0. The Morgan fingerprint density at radius 2 is 1.75 bits per heavy atom.